The molecule has 0 radical (unpaired) electrons. The number of aliphatic hydroxyl groups excluding tert-OH is 1. The predicted molar refractivity (Wildman–Crippen MR) is 84.6 cm³/mol. The van der Waals surface area contributed by atoms with E-state index in [-0.39, 0.29) is 5.57 Å². The van der Waals surface area contributed by atoms with Crippen LogP contribution in [-0.2, 0) is 15.3 Å². The molecule has 0 spiro atoms. The minimum atomic E-state index is -0.529. The van der Waals surface area contributed by atoms with Gasteiger partial charge in [0.1, 0.15) is 10.3 Å². The maximum Gasteiger partial charge on any atom is 0.341 e. The fourth-order valence-corrected chi connectivity index (χ4v) is 4.31. The van der Waals surface area contributed by atoms with Crippen molar-refractivity contribution in [3.63, 3.8) is 0 Å². The van der Waals surface area contributed by atoms with Crippen molar-refractivity contribution in [2.45, 2.75) is 10.5 Å². The van der Waals surface area contributed by atoms with Crippen LogP contribution in [-0.4, -0.2) is 35.2 Å². The van der Waals surface area contributed by atoms with Gasteiger partial charge in [-0.2, -0.15) is 0 Å². The van der Waals surface area contributed by atoms with Crippen LogP contribution in [0.4, 0.5) is 0 Å². The maximum atomic E-state index is 11.7. The number of ether oxygens (including phenoxy) is 1. The second-order valence-corrected chi connectivity index (χ2v) is 6.76. The molecular formula is C14H17NO3S2. The number of nitrogens with one attached hydrogen (secondary N) is 1. The number of benzene rings is 1. The van der Waals surface area contributed by atoms with Gasteiger partial charge in [0, 0.05) is 18.1 Å². The molecule has 0 saturated carbocycles. The molecule has 0 aliphatic carbocycles. The third-order valence-corrected chi connectivity index (χ3v) is 5.59. The smallest absolute Gasteiger partial charge is 0.341 e. The molecule has 1 aliphatic heterocycles. The number of carbonyl (C=O) groups excluding carboxylic acids is 1. The van der Waals surface area contributed by atoms with Crippen LogP contribution in [0, 0.1) is 0 Å². The van der Waals surface area contributed by atoms with Crippen LogP contribution >= 0.6 is 23.5 Å². The largest absolute Gasteiger partial charge is 0.515 e. The molecule has 1 unspecified atom stereocenters. The van der Waals surface area contributed by atoms with Gasteiger partial charge in [0.15, 0.2) is 0 Å². The Morgan fingerprint density at radius 1 is 1.60 bits per heavy atom. The van der Waals surface area contributed by atoms with E-state index in [2.05, 4.69) is 5.32 Å². The molecule has 1 saturated heterocycles. The average Bonchev–Trinajstić information content (AvgIpc) is 3.00. The summed E-state index contributed by atoms with van der Waals surface area (Å²) < 4.78 is 5.09. The molecule has 1 aliphatic rings. The number of aliphatic hydroxyl groups is 1. The summed E-state index contributed by atoms with van der Waals surface area (Å²) in [6, 6.07) is 7.57. The Labute approximate surface area is 127 Å². The van der Waals surface area contributed by atoms with Crippen LogP contribution < -0.4 is 5.32 Å². The summed E-state index contributed by atoms with van der Waals surface area (Å²) >= 11 is 3.68. The molecule has 1 atom stereocenters. The van der Waals surface area contributed by atoms with E-state index in [4.69, 9.17) is 4.74 Å². The third-order valence-electron chi connectivity index (χ3n) is 2.91. The monoisotopic (exact) mass is 311 g/mol. The van der Waals surface area contributed by atoms with Gasteiger partial charge in [-0.05, 0) is 11.1 Å². The zero-order chi connectivity index (χ0) is 14.4. The van der Waals surface area contributed by atoms with Crippen molar-refractivity contribution >= 4 is 35.1 Å². The minimum Gasteiger partial charge on any atom is -0.515 e. The minimum absolute atomic E-state index is 0.190. The number of hydrogen-bond acceptors (Lipinski definition) is 6. The molecule has 1 fully saturated rings. The lowest BCUT2D eigenvalue weighted by Gasteiger charge is -2.13. The lowest BCUT2D eigenvalue weighted by Crippen LogP contribution is -2.16. The van der Waals surface area contributed by atoms with Crippen molar-refractivity contribution in [3.8, 4) is 0 Å². The van der Waals surface area contributed by atoms with E-state index in [1.54, 1.807) is 11.8 Å². The summed E-state index contributed by atoms with van der Waals surface area (Å²) in [5.41, 5.74) is 1.92. The number of carbonyl (C=O) groups is 1. The number of rotatable bonds is 5. The fourth-order valence-electron chi connectivity index (χ4n) is 1.93. The van der Waals surface area contributed by atoms with Gasteiger partial charge in [-0.1, -0.05) is 24.3 Å². The molecule has 4 nitrogen and oxygen atoms in total. The number of esters is 1. The molecule has 1 aromatic rings. The van der Waals surface area contributed by atoms with E-state index in [9.17, 15) is 9.90 Å². The average molecular weight is 311 g/mol. The number of hydrogen-bond donors (Lipinski definition) is 2. The highest BCUT2D eigenvalue weighted by Gasteiger charge is 2.19. The van der Waals surface area contributed by atoms with E-state index < -0.39 is 5.97 Å². The van der Waals surface area contributed by atoms with Crippen molar-refractivity contribution in [2.75, 3.05) is 19.4 Å². The Morgan fingerprint density at radius 3 is 3.05 bits per heavy atom. The first kappa shape index (κ1) is 15.3. The summed E-state index contributed by atoms with van der Waals surface area (Å²) in [6.45, 7) is 1.04. The van der Waals surface area contributed by atoms with Gasteiger partial charge in [0.25, 0.3) is 0 Å². The molecule has 6 heteroatoms. The summed E-state index contributed by atoms with van der Waals surface area (Å²) in [4.78, 5) is 11.7. The Balaban J connectivity index is 2.14. The second-order valence-electron chi connectivity index (χ2n) is 4.16. The Morgan fingerprint density at radius 2 is 2.40 bits per heavy atom. The Hall–Kier alpha value is -1.11. The number of methoxy groups -OCH3 is 1. The van der Waals surface area contributed by atoms with Gasteiger partial charge in [-0.25, -0.2) is 4.79 Å². The van der Waals surface area contributed by atoms with Crippen LogP contribution in [0.15, 0.2) is 30.5 Å². The molecule has 0 amide bonds. The first-order valence-electron chi connectivity index (χ1n) is 6.24. The maximum absolute atomic E-state index is 11.7. The van der Waals surface area contributed by atoms with Gasteiger partial charge in [-0.3, -0.25) is 5.32 Å². The standard InChI is InChI=1S/C14H17NO3S2/c1-18-13(17)12(8-16)11-5-3-2-4-10(11)9-20-14-15-6-7-19-14/h2-5,8,14-16H,6-7,9H2,1H3/b12-8+. The van der Waals surface area contributed by atoms with Crippen LogP contribution in [0.2, 0.25) is 0 Å². The molecule has 108 valence electrons. The lowest BCUT2D eigenvalue weighted by molar-refractivity contribution is -0.133. The van der Waals surface area contributed by atoms with Gasteiger partial charge < -0.3 is 9.84 Å². The Kier molecular flexibility index (Phi) is 5.82. The molecular weight excluding hydrogens is 294 g/mol. The van der Waals surface area contributed by atoms with E-state index in [1.807, 2.05) is 36.0 Å². The summed E-state index contributed by atoms with van der Waals surface area (Å²) in [5, 5.41) is 12.7. The van der Waals surface area contributed by atoms with E-state index >= 15 is 0 Å². The van der Waals surface area contributed by atoms with Crippen molar-refractivity contribution in [1.29, 1.82) is 0 Å². The topological polar surface area (TPSA) is 58.6 Å². The normalized spacial score (nSPS) is 19.1. The highest BCUT2D eigenvalue weighted by Crippen LogP contribution is 2.30. The zero-order valence-corrected chi connectivity index (χ0v) is 12.8. The van der Waals surface area contributed by atoms with Gasteiger partial charge in [0.2, 0.25) is 0 Å². The first-order chi connectivity index (χ1) is 9.76. The second kappa shape index (κ2) is 7.61. The molecule has 1 heterocycles. The molecule has 2 N–H and O–H groups in total. The summed E-state index contributed by atoms with van der Waals surface area (Å²) in [7, 11) is 1.31. The number of thioether (sulfide) groups is 2. The first-order valence-corrected chi connectivity index (χ1v) is 8.33. The lowest BCUT2D eigenvalue weighted by atomic mass is 10.0. The highest BCUT2D eigenvalue weighted by atomic mass is 32.2. The summed E-state index contributed by atoms with van der Waals surface area (Å²) in [5.74, 6) is 1.37. The summed E-state index contributed by atoms with van der Waals surface area (Å²) in [6.07, 6.45) is 0.817. The highest BCUT2D eigenvalue weighted by molar-refractivity contribution is 8.16. The van der Waals surface area contributed by atoms with Crippen LogP contribution in [0.25, 0.3) is 5.57 Å². The van der Waals surface area contributed by atoms with Crippen molar-refractivity contribution in [2.24, 2.45) is 0 Å². The molecule has 20 heavy (non-hydrogen) atoms. The van der Waals surface area contributed by atoms with E-state index in [1.165, 1.54) is 7.11 Å². The van der Waals surface area contributed by atoms with Crippen LogP contribution in [0.1, 0.15) is 11.1 Å². The van der Waals surface area contributed by atoms with Gasteiger partial charge in [-0.15, -0.1) is 23.5 Å². The quantitative estimate of drug-likeness (QED) is 0.495. The third kappa shape index (κ3) is 3.71. The van der Waals surface area contributed by atoms with Crippen LogP contribution in [0.3, 0.4) is 0 Å². The fraction of sp³-hybridized carbons (Fsp3) is 0.357. The van der Waals surface area contributed by atoms with Gasteiger partial charge in [0.05, 0.1) is 13.4 Å². The molecule has 0 bridgehead atoms. The Bertz CT molecular complexity index is 499. The van der Waals surface area contributed by atoms with E-state index in [0.717, 1.165) is 35.4 Å². The van der Waals surface area contributed by atoms with Gasteiger partial charge >= 0.3 is 5.97 Å². The molecule has 1 aromatic carbocycles. The SMILES string of the molecule is COC(=O)/C(=C/O)c1ccccc1CSC1NCCS1. The zero-order valence-electron chi connectivity index (χ0n) is 11.2. The predicted octanol–water partition coefficient (Wildman–Crippen LogP) is 2.61. The van der Waals surface area contributed by atoms with Crippen molar-refractivity contribution in [1.82, 2.24) is 5.32 Å². The van der Waals surface area contributed by atoms with E-state index in [0.29, 0.717) is 4.71 Å². The van der Waals surface area contributed by atoms with Crippen LogP contribution in [0.5, 0.6) is 0 Å². The van der Waals surface area contributed by atoms with Crippen molar-refractivity contribution < 1.29 is 14.6 Å². The molecule has 0 aromatic heterocycles. The molecule has 2 rings (SSSR count). The van der Waals surface area contributed by atoms with Crippen molar-refractivity contribution in [3.05, 3.63) is 41.7 Å².